The molecule has 0 spiro atoms. The van der Waals surface area contributed by atoms with Gasteiger partial charge >= 0.3 is 0 Å². The first kappa shape index (κ1) is 23.5. The van der Waals surface area contributed by atoms with Crippen molar-refractivity contribution in [3.63, 3.8) is 0 Å². The number of nitrogens with zero attached hydrogens (tertiary/aromatic N) is 2. The first-order valence-electron chi connectivity index (χ1n) is 11.0. The molecule has 9 nitrogen and oxygen atoms in total. The van der Waals surface area contributed by atoms with E-state index in [9.17, 15) is 14.4 Å². The molecule has 1 aliphatic heterocycles. The molecule has 0 saturated carbocycles. The summed E-state index contributed by atoms with van der Waals surface area (Å²) in [6.45, 7) is 4.74. The number of para-hydroxylation sites is 1. The molecule has 172 valence electrons. The maximum absolute atomic E-state index is 13.1. The molecule has 3 rings (SSSR count). The van der Waals surface area contributed by atoms with Gasteiger partial charge in [-0.25, -0.2) is 0 Å². The van der Waals surface area contributed by atoms with Gasteiger partial charge in [-0.3, -0.25) is 14.4 Å². The minimum Gasteiger partial charge on any atom is -0.376 e. The largest absolute Gasteiger partial charge is 0.376 e. The molecule has 0 bridgehead atoms. The zero-order valence-corrected chi connectivity index (χ0v) is 18.6. The highest BCUT2D eigenvalue weighted by Crippen LogP contribution is 2.22. The summed E-state index contributed by atoms with van der Waals surface area (Å²) in [4.78, 5) is 39.4. The van der Waals surface area contributed by atoms with Crippen LogP contribution in [-0.4, -0.2) is 48.7 Å². The van der Waals surface area contributed by atoms with Crippen LogP contribution in [0.2, 0.25) is 0 Å². The van der Waals surface area contributed by atoms with Crippen LogP contribution in [0.3, 0.4) is 0 Å². The van der Waals surface area contributed by atoms with E-state index in [1.54, 1.807) is 13.0 Å². The third-order valence-electron chi connectivity index (χ3n) is 5.28. The van der Waals surface area contributed by atoms with Crippen molar-refractivity contribution in [1.29, 1.82) is 0 Å². The number of carbonyl (C=O) groups excluding carboxylic acids is 3. The summed E-state index contributed by atoms with van der Waals surface area (Å²) in [5, 5.41) is 9.18. The molecule has 0 unspecified atom stereocenters. The third-order valence-corrected chi connectivity index (χ3v) is 5.28. The van der Waals surface area contributed by atoms with E-state index >= 15 is 0 Å². The van der Waals surface area contributed by atoms with Crippen molar-refractivity contribution in [3.05, 3.63) is 41.7 Å². The van der Waals surface area contributed by atoms with Crippen LogP contribution in [0.4, 0.5) is 11.5 Å². The number of anilines is 2. The van der Waals surface area contributed by atoms with Crippen molar-refractivity contribution >= 4 is 29.2 Å². The fourth-order valence-electron chi connectivity index (χ4n) is 3.60. The Morgan fingerprint density at radius 1 is 1.19 bits per heavy atom. The fourth-order valence-corrected chi connectivity index (χ4v) is 3.60. The highest BCUT2D eigenvalue weighted by molar-refractivity contribution is 6.01. The van der Waals surface area contributed by atoms with E-state index in [-0.39, 0.29) is 43.2 Å². The number of hydrogen-bond donors (Lipinski definition) is 2. The molecule has 1 atom stereocenters. The Balaban J connectivity index is 1.63. The lowest BCUT2D eigenvalue weighted by Gasteiger charge is -2.25. The van der Waals surface area contributed by atoms with Crippen molar-refractivity contribution in [2.45, 2.75) is 52.1 Å². The first-order chi connectivity index (χ1) is 15.5. The zero-order chi connectivity index (χ0) is 22.9. The molecule has 2 aromatic rings. The quantitative estimate of drug-likeness (QED) is 0.585. The Labute approximate surface area is 187 Å². The summed E-state index contributed by atoms with van der Waals surface area (Å²) in [5.74, 6) is -0.0282. The van der Waals surface area contributed by atoms with Gasteiger partial charge < -0.3 is 24.8 Å². The highest BCUT2D eigenvalue weighted by Gasteiger charge is 2.23. The number of ether oxygens (including phenoxy) is 1. The number of amides is 3. The van der Waals surface area contributed by atoms with Crippen molar-refractivity contribution in [1.82, 2.24) is 10.5 Å². The molecule has 1 saturated heterocycles. The van der Waals surface area contributed by atoms with Gasteiger partial charge in [0.2, 0.25) is 17.7 Å². The third kappa shape index (κ3) is 6.65. The van der Waals surface area contributed by atoms with Gasteiger partial charge in [-0.15, -0.1) is 0 Å². The van der Waals surface area contributed by atoms with Gasteiger partial charge in [-0.05, 0) is 37.8 Å². The van der Waals surface area contributed by atoms with Gasteiger partial charge in [-0.2, -0.15) is 0 Å². The summed E-state index contributed by atoms with van der Waals surface area (Å²) >= 11 is 0. The molecule has 32 heavy (non-hydrogen) atoms. The van der Waals surface area contributed by atoms with Gasteiger partial charge in [0.1, 0.15) is 12.3 Å². The fraction of sp³-hybridized carbons (Fsp3) is 0.478. The van der Waals surface area contributed by atoms with Crippen molar-refractivity contribution < 1.29 is 23.6 Å². The second kappa shape index (κ2) is 11.4. The average molecular weight is 443 g/mol. The number of aromatic nitrogens is 1. The van der Waals surface area contributed by atoms with Crippen LogP contribution in [0.1, 0.15) is 43.9 Å². The predicted molar refractivity (Wildman–Crippen MR) is 119 cm³/mol. The minimum absolute atomic E-state index is 0.0230. The van der Waals surface area contributed by atoms with E-state index in [1.807, 2.05) is 31.2 Å². The summed E-state index contributed by atoms with van der Waals surface area (Å²) < 4.78 is 10.5. The van der Waals surface area contributed by atoms with E-state index in [0.29, 0.717) is 36.8 Å². The lowest BCUT2D eigenvalue weighted by atomic mass is 10.1. The molecule has 1 aliphatic rings. The monoisotopic (exact) mass is 442 g/mol. The van der Waals surface area contributed by atoms with E-state index in [1.165, 1.54) is 4.90 Å². The second-order valence-corrected chi connectivity index (χ2v) is 7.77. The van der Waals surface area contributed by atoms with E-state index in [4.69, 9.17) is 9.26 Å². The Morgan fingerprint density at radius 3 is 2.69 bits per heavy atom. The molecular weight excluding hydrogens is 412 g/mol. The molecule has 2 heterocycles. The predicted octanol–water partition coefficient (Wildman–Crippen LogP) is 2.59. The number of hydrogen-bond acceptors (Lipinski definition) is 6. The topological polar surface area (TPSA) is 114 Å². The Bertz CT molecular complexity index is 936. The maximum Gasteiger partial charge on any atom is 0.240 e. The summed E-state index contributed by atoms with van der Waals surface area (Å²) in [6.07, 6.45) is 2.57. The first-order valence-corrected chi connectivity index (χ1v) is 11.0. The number of aryl methyl sites for hydroxylation is 2. The zero-order valence-electron chi connectivity index (χ0n) is 18.6. The molecule has 0 aliphatic carbocycles. The van der Waals surface area contributed by atoms with Crippen LogP contribution in [-0.2, 0) is 25.5 Å². The summed E-state index contributed by atoms with van der Waals surface area (Å²) in [6, 6.07) is 9.08. The lowest BCUT2D eigenvalue weighted by molar-refractivity contribution is -0.125. The van der Waals surface area contributed by atoms with Crippen molar-refractivity contribution in [3.8, 4) is 0 Å². The summed E-state index contributed by atoms with van der Waals surface area (Å²) in [7, 11) is 0. The summed E-state index contributed by atoms with van der Waals surface area (Å²) in [5.41, 5.74) is 1.63. The molecule has 0 radical (unpaired) electrons. The van der Waals surface area contributed by atoms with Gasteiger partial charge in [0.15, 0.2) is 5.82 Å². The Hall–Kier alpha value is -3.20. The Kier molecular flexibility index (Phi) is 8.38. The molecule has 1 aromatic carbocycles. The van der Waals surface area contributed by atoms with Crippen LogP contribution in [0, 0.1) is 6.92 Å². The molecule has 2 N–H and O–H groups in total. The van der Waals surface area contributed by atoms with Crippen LogP contribution in [0.5, 0.6) is 0 Å². The van der Waals surface area contributed by atoms with Crippen molar-refractivity contribution in [2.24, 2.45) is 0 Å². The lowest BCUT2D eigenvalue weighted by Crippen LogP contribution is -2.43. The highest BCUT2D eigenvalue weighted by atomic mass is 16.5. The van der Waals surface area contributed by atoms with Crippen molar-refractivity contribution in [2.75, 3.05) is 29.9 Å². The molecule has 1 aromatic heterocycles. The van der Waals surface area contributed by atoms with E-state index < -0.39 is 0 Å². The SMILES string of the molecule is CCc1ccccc1N(CC(=O)NC[C@H]1CCCO1)C(=O)CCC(=O)Nc1cc(C)on1. The number of nitrogens with one attached hydrogen (secondary N) is 2. The van der Waals surface area contributed by atoms with Gasteiger partial charge in [0, 0.05) is 37.7 Å². The van der Waals surface area contributed by atoms with Gasteiger partial charge in [-0.1, -0.05) is 30.3 Å². The number of benzene rings is 1. The van der Waals surface area contributed by atoms with Gasteiger partial charge in [0.25, 0.3) is 0 Å². The number of carbonyl (C=O) groups is 3. The molecule has 9 heteroatoms. The van der Waals surface area contributed by atoms with Crippen LogP contribution < -0.4 is 15.5 Å². The molecular formula is C23H30N4O5. The van der Waals surface area contributed by atoms with E-state index in [2.05, 4.69) is 15.8 Å². The average Bonchev–Trinajstić information content (AvgIpc) is 3.46. The second-order valence-electron chi connectivity index (χ2n) is 7.77. The maximum atomic E-state index is 13.1. The normalized spacial score (nSPS) is 15.4. The van der Waals surface area contributed by atoms with Gasteiger partial charge in [0.05, 0.1) is 6.10 Å². The minimum atomic E-state index is -0.349. The van der Waals surface area contributed by atoms with E-state index in [0.717, 1.165) is 18.4 Å². The smallest absolute Gasteiger partial charge is 0.240 e. The molecule has 3 amide bonds. The number of rotatable bonds is 10. The van der Waals surface area contributed by atoms with Crippen LogP contribution >= 0.6 is 0 Å². The Morgan fingerprint density at radius 2 is 2.00 bits per heavy atom. The van der Waals surface area contributed by atoms with Crippen LogP contribution in [0.25, 0.3) is 0 Å². The molecule has 1 fully saturated rings. The standard InChI is InChI=1S/C23H30N4O5/c1-3-17-7-4-5-9-19(17)27(15-22(29)24-14-18-8-6-12-31-18)23(30)11-10-21(28)25-20-13-16(2)32-26-20/h4-5,7,9,13,18H,3,6,8,10-12,14-15H2,1-2H3,(H,24,29)(H,25,26,28)/t18-/m1/s1. The van der Waals surface area contributed by atoms with Crippen LogP contribution in [0.15, 0.2) is 34.9 Å².